The zero-order valence-electron chi connectivity index (χ0n) is 10.1. The molecule has 0 heterocycles. The van der Waals surface area contributed by atoms with Crippen LogP contribution in [0.1, 0.15) is 38.5 Å². The Morgan fingerprint density at radius 3 is 2.62 bits per heavy atom. The average Bonchev–Trinajstić information content (AvgIpc) is 2.74. The topological polar surface area (TPSA) is 46.3 Å². The summed E-state index contributed by atoms with van der Waals surface area (Å²) in [6.45, 7) is 0.943. The first kappa shape index (κ1) is 10.6. The molecule has 3 aliphatic rings. The van der Waals surface area contributed by atoms with E-state index in [0.717, 1.165) is 37.1 Å². The van der Waals surface area contributed by atoms with Crippen LogP contribution in [0.4, 0.5) is 0 Å². The monoisotopic (exact) mass is 222 g/mol. The molecule has 16 heavy (non-hydrogen) atoms. The third-order valence-corrected chi connectivity index (χ3v) is 4.95. The van der Waals surface area contributed by atoms with E-state index in [4.69, 9.17) is 5.73 Å². The van der Waals surface area contributed by atoms with Gasteiger partial charge in [-0.3, -0.25) is 4.79 Å². The molecule has 3 aliphatic carbocycles. The van der Waals surface area contributed by atoms with Gasteiger partial charge in [0.25, 0.3) is 0 Å². The zero-order chi connectivity index (χ0) is 11.3. The highest BCUT2D eigenvalue weighted by Gasteiger charge is 2.48. The lowest BCUT2D eigenvalue weighted by molar-refractivity contribution is -0.133. The number of carbonyl (C=O) groups excluding carboxylic acids is 1. The minimum absolute atomic E-state index is 0.176. The molecule has 90 valence electrons. The summed E-state index contributed by atoms with van der Waals surface area (Å²) in [5.74, 6) is 2.80. The van der Waals surface area contributed by atoms with Crippen LogP contribution in [0.15, 0.2) is 0 Å². The maximum absolute atomic E-state index is 12.0. The number of likely N-dealkylation sites (N-methyl/N-ethyl adjacent to an activating group) is 1. The number of hydrogen-bond acceptors (Lipinski definition) is 2. The van der Waals surface area contributed by atoms with Crippen molar-refractivity contribution in [2.75, 3.05) is 13.6 Å². The Bertz CT molecular complexity index is 311. The van der Waals surface area contributed by atoms with Gasteiger partial charge in [-0.2, -0.15) is 0 Å². The summed E-state index contributed by atoms with van der Waals surface area (Å²) in [5.41, 5.74) is 5.47. The molecular formula is C13H22N2O. The number of fused-ring (bicyclic) bond motifs is 2. The number of amides is 1. The maximum atomic E-state index is 12.0. The summed E-state index contributed by atoms with van der Waals surface area (Å²) in [7, 11) is 1.93. The largest absolute Gasteiger partial charge is 0.344 e. The Morgan fingerprint density at radius 2 is 2.12 bits per heavy atom. The molecule has 0 spiro atoms. The van der Waals surface area contributed by atoms with E-state index in [9.17, 15) is 4.79 Å². The van der Waals surface area contributed by atoms with Crippen LogP contribution in [0.25, 0.3) is 0 Å². The van der Waals surface area contributed by atoms with Gasteiger partial charge in [-0.25, -0.2) is 0 Å². The number of rotatable bonds is 3. The van der Waals surface area contributed by atoms with Gasteiger partial charge in [-0.1, -0.05) is 6.42 Å². The predicted molar refractivity (Wildman–Crippen MR) is 62.7 cm³/mol. The van der Waals surface area contributed by atoms with Gasteiger partial charge >= 0.3 is 0 Å². The van der Waals surface area contributed by atoms with Crippen LogP contribution in [-0.4, -0.2) is 29.9 Å². The fraction of sp³-hybridized carbons (Fsp3) is 0.923. The van der Waals surface area contributed by atoms with Crippen molar-refractivity contribution in [3.05, 3.63) is 0 Å². The lowest BCUT2D eigenvalue weighted by Crippen LogP contribution is -2.45. The Hall–Kier alpha value is -0.570. The molecule has 3 heteroatoms. The van der Waals surface area contributed by atoms with Gasteiger partial charge in [0.05, 0.1) is 5.54 Å². The van der Waals surface area contributed by atoms with Gasteiger partial charge in [-0.05, 0) is 49.9 Å². The van der Waals surface area contributed by atoms with Crippen LogP contribution < -0.4 is 5.73 Å². The quantitative estimate of drug-likeness (QED) is 0.784. The molecule has 0 aromatic rings. The second kappa shape index (κ2) is 3.46. The van der Waals surface area contributed by atoms with Crippen molar-refractivity contribution in [3.8, 4) is 0 Å². The van der Waals surface area contributed by atoms with E-state index < -0.39 is 5.54 Å². The Balaban J connectivity index is 1.56. The van der Waals surface area contributed by atoms with Crippen LogP contribution in [0, 0.1) is 17.8 Å². The fourth-order valence-corrected chi connectivity index (χ4v) is 3.76. The van der Waals surface area contributed by atoms with Gasteiger partial charge in [0.1, 0.15) is 0 Å². The molecule has 3 fully saturated rings. The summed E-state index contributed by atoms with van der Waals surface area (Å²) in [4.78, 5) is 13.9. The highest BCUT2D eigenvalue weighted by molar-refractivity contribution is 5.88. The van der Waals surface area contributed by atoms with Crippen molar-refractivity contribution in [2.45, 2.75) is 44.1 Å². The lowest BCUT2D eigenvalue weighted by Gasteiger charge is -2.28. The van der Waals surface area contributed by atoms with E-state index in [-0.39, 0.29) is 5.91 Å². The maximum Gasteiger partial charge on any atom is 0.242 e. The molecule has 1 amide bonds. The van der Waals surface area contributed by atoms with E-state index >= 15 is 0 Å². The summed E-state index contributed by atoms with van der Waals surface area (Å²) in [6.07, 6.45) is 7.35. The van der Waals surface area contributed by atoms with E-state index in [1.165, 1.54) is 25.7 Å². The molecule has 0 aliphatic heterocycles. The Labute approximate surface area is 97.4 Å². The molecule has 3 rings (SSSR count). The van der Waals surface area contributed by atoms with Crippen molar-refractivity contribution in [2.24, 2.45) is 23.5 Å². The van der Waals surface area contributed by atoms with Gasteiger partial charge in [0, 0.05) is 13.6 Å². The summed E-state index contributed by atoms with van der Waals surface area (Å²) < 4.78 is 0. The van der Waals surface area contributed by atoms with Crippen LogP contribution in [0.5, 0.6) is 0 Å². The normalized spacial score (nSPS) is 38.8. The predicted octanol–water partition coefficient (Wildman–Crippen LogP) is 1.37. The molecule has 2 bridgehead atoms. The number of hydrogen-bond donors (Lipinski definition) is 1. The van der Waals surface area contributed by atoms with Gasteiger partial charge in [0.2, 0.25) is 5.91 Å². The van der Waals surface area contributed by atoms with Crippen LogP contribution in [-0.2, 0) is 4.79 Å². The molecule has 3 atom stereocenters. The molecule has 3 saturated carbocycles. The second-order valence-corrected chi connectivity index (χ2v) is 6.28. The summed E-state index contributed by atoms with van der Waals surface area (Å²) >= 11 is 0. The average molecular weight is 222 g/mol. The fourth-order valence-electron chi connectivity index (χ4n) is 3.76. The Morgan fingerprint density at radius 1 is 1.38 bits per heavy atom. The Kier molecular flexibility index (Phi) is 2.29. The molecule has 0 saturated heterocycles. The molecular weight excluding hydrogens is 200 g/mol. The molecule has 0 aromatic heterocycles. The van der Waals surface area contributed by atoms with E-state index in [1.54, 1.807) is 0 Å². The smallest absolute Gasteiger partial charge is 0.242 e. The molecule has 3 nitrogen and oxygen atoms in total. The van der Waals surface area contributed by atoms with Crippen molar-refractivity contribution in [1.82, 2.24) is 4.90 Å². The highest BCUT2D eigenvalue weighted by atomic mass is 16.2. The van der Waals surface area contributed by atoms with E-state index in [2.05, 4.69) is 0 Å². The molecule has 0 aromatic carbocycles. The minimum Gasteiger partial charge on any atom is -0.344 e. The molecule has 0 radical (unpaired) electrons. The highest BCUT2D eigenvalue weighted by Crippen LogP contribution is 2.48. The van der Waals surface area contributed by atoms with Gasteiger partial charge < -0.3 is 10.6 Å². The van der Waals surface area contributed by atoms with Gasteiger partial charge in [-0.15, -0.1) is 0 Å². The van der Waals surface area contributed by atoms with Crippen LogP contribution in [0.3, 0.4) is 0 Å². The summed E-state index contributed by atoms with van der Waals surface area (Å²) in [5, 5.41) is 0. The SMILES string of the molecule is CN(CC1CC2CCC1C2)C(=O)C1(N)CC1. The zero-order valence-corrected chi connectivity index (χ0v) is 10.1. The first-order valence-corrected chi connectivity index (χ1v) is 6.63. The first-order valence-electron chi connectivity index (χ1n) is 6.63. The number of nitrogens with two attached hydrogens (primary N) is 1. The second-order valence-electron chi connectivity index (χ2n) is 6.28. The van der Waals surface area contributed by atoms with Crippen molar-refractivity contribution in [3.63, 3.8) is 0 Å². The summed E-state index contributed by atoms with van der Waals surface area (Å²) in [6, 6.07) is 0. The van der Waals surface area contributed by atoms with Crippen molar-refractivity contribution in [1.29, 1.82) is 0 Å². The van der Waals surface area contributed by atoms with Gasteiger partial charge in [0.15, 0.2) is 0 Å². The van der Waals surface area contributed by atoms with Crippen molar-refractivity contribution >= 4 is 5.91 Å². The third kappa shape index (κ3) is 1.65. The molecule has 2 N–H and O–H groups in total. The van der Waals surface area contributed by atoms with Crippen molar-refractivity contribution < 1.29 is 4.79 Å². The lowest BCUT2D eigenvalue weighted by atomic mass is 9.88. The number of nitrogens with zero attached hydrogens (tertiary/aromatic N) is 1. The van der Waals surface area contributed by atoms with Crippen LogP contribution >= 0.6 is 0 Å². The van der Waals surface area contributed by atoms with E-state index in [0.29, 0.717) is 0 Å². The first-order chi connectivity index (χ1) is 7.58. The minimum atomic E-state index is -0.480. The third-order valence-electron chi connectivity index (χ3n) is 4.95. The number of carbonyl (C=O) groups is 1. The van der Waals surface area contributed by atoms with E-state index in [1.807, 2.05) is 11.9 Å². The standard InChI is InChI=1S/C13H22N2O/c1-15(12(16)13(14)4-5-13)8-11-7-9-2-3-10(11)6-9/h9-11H,2-8,14H2,1H3. The van der Waals surface area contributed by atoms with Crippen LogP contribution in [0.2, 0.25) is 0 Å². The molecule has 3 unspecified atom stereocenters.